The van der Waals surface area contributed by atoms with E-state index in [4.69, 9.17) is 0 Å². The third-order valence-electron chi connectivity index (χ3n) is 2.66. The van der Waals surface area contributed by atoms with Gasteiger partial charge in [-0.05, 0) is 31.2 Å². The SMILES string of the molecule is Cc1ccc(Nc2ccc3nccnc3n2)cc1. The summed E-state index contributed by atoms with van der Waals surface area (Å²) in [7, 11) is 0. The van der Waals surface area contributed by atoms with E-state index in [9.17, 15) is 0 Å². The van der Waals surface area contributed by atoms with Crippen molar-refractivity contribution in [2.75, 3.05) is 5.32 Å². The molecule has 2 aromatic heterocycles. The first-order valence-corrected chi connectivity index (χ1v) is 5.73. The lowest BCUT2D eigenvalue weighted by atomic mass is 10.2. The van der Waals surface area contributed by atoms with E-state index in [1.165, 1.54) is 5.56 Å². The smallest absolute Gasteiger partial charge is 0.180 e. The summed E-state index contributed by atoms with van der Waals surface area (Å²) in [4.78, 5) is 12.8. The zero-order chi connectivity index (χ0) is 12.4. The molecule has 0 radical (unpaired) electrons. The molecule has 0 unspecified atom stereocenters. The predicted octanol–water partition coefficient (Wildman–Crippen LogP) is 3.08. The van der Waals surface area contributed by atoms with Crippen LogP contribution in [0.5, 0.6) is 0 Å². The molecular weight excluding hydrogens is 224 g/mol. The van der Waals surface area contributed by atoms with Crippen LogP contribution in [0.1, 0.15) is 5.56 Å². The van der Waals surface area contributed by atoms with Crippen molar-refractivity contribution in [2.24, 2.45) is 0 Å². The Morgan fingerprint density at radius 3 is 2.50 bits per heavy atom. The van der Waals surface area contributed by atoms with Gasteiger partial charge in [0.2, 0.25) is 0 Å². The summed E-state index contributed by atoms with van der Waals surface area (Å²) >= 11 is 0. The molecule has 0 aliphatic carbocycles. The zero-order valence-corrected chi connectivity index (χ0v) is 9.96. The highest BCUT2D eigenvalue weighted by Gasteiger charge is 2.00. The largest absolute Gasteiger partial charge is 0.340 e. The second kappa shape index (κ2) is 4.41. The lowest BCUT2D eigenvalue weighted by molar-refractivity contribution is 1.22. The molecule has 18 heavy (non-hydrogen) atoms. The van der Waals surface area contributed by atoms with E-state index in [0.717, 1.165) is 17.0 Å². The minimum absolute atomic E-state index is 0.648. The fourth-order valence-electron chi connectivity index (χ4n) is 1.71. The van der Waals surface area contributed by atoms with Gasteiger partial charge in [-0.15, -0.1) is 0 Å². The van der Waals surface area contributed by atoms with E-state index in [1.807, 2.05) is 24.3 Å². The highest BCUT2D eigenvalue weighted by Crippen LogP contribution is 2.16. The van der Waals surface area contributed by atoms with Crippen molar-refractivity contribution in [1.82, 2.24) is 15.0 Å². The van der Waals surface area contributed by atoms with E-state index in [-0.39, 0.29) is 0 Å². The van der Waals surface area contributed by atoms with Crippen LogP contribution >= 0.6 is 0 Å². The first-order chi connectivity index (χ1) is 8.81. The van der Waals surface area contributed by atoms with Gasteiger partial charge in [-0.2, -0.15) is 0 Å². The van der Waals surface area contributed by atoms with Crippen molar-refractivity contribution in [2.45, 2.75) is 6.92 Å². The van der Waals surface area contributed by atoms with Gasteiger partial charge >= 0.3 is 0 Å². The zero-order valence-electron chi connectivity index (χ0n) is 9.96. The molecular formula is C14H12N4. The van der Waals surface area contributed by atoms with E-state index >= 15 is 0 Å². The molecule has 0 aliphatic heterocycles. The van der Waals surface area contributed by atoms with Gasteiger partial charge in [-0.25, -0.2) is 9.97 Å². The summed E-state index contributed by atoms with van der Waals surface area (Å²) in [5, 5.41) is 3.24. The molecule has 1 N–H and O–H groups in total. The standard InChI is InChI=1S/C14H12N4/c1-10-2-4-11(5-3-10)17-13-7-6-12-14(18-13)16-9-8-15-12/h2-9H,1H3,(H,16,17,18). The number of hydrogen-bond acceptors (Lipinski definition) is 4. The monoisotopic (exact) mass is 236 g/mol. The minimum Gasteiger partial charge on any atom is -0.340 e. The van der Waals surface area contributed by atoms with Crippen LogP contribution in [0, 0.1) is 6.92 Å². The summed E-state index contributed by atoms with van der Waals surface area (Å²) in [6.07, 6.45) is 3.31. The third-order valence-corrected chi connectivity index (χ3v) is 2.66. The predicted molar refractivity (Wildman–Crippen MR) is 71.8 cm³/mol. The Hall–Kier alpha value is -2.49. The summed E-state index contributed by atoms with van der Waals surface area (Å²) in [6, 6.07) is 12.0. The quantitative estimate of drug-likeness (QED) is 0.742. The Morgan fingerprint density at radius 2 is 1.67 bits per heavy atom. The van der Waals surface area contributed by atoms with Gasteiger partial charge in [0.25, 0.3) is 0 Å². The highest BCUT2D eigenvalue weighted by atomic mass is 15.0. The molecule has 4 nitrogen and oxygen atoms in total. The van der Waals surface area contributed by atoms with Crippen molar-refractivity contribution in [3.63, 3.8) is 0 Å². The number of nitrogens with one attached hydrogen (secondary N) is 1. The number of aryl methyl sites for hydroxylation is 1. The van der Waals surface area contributed by atoms with E-state index in [1.54, 1.807) is 12.4 Å². The molecule has 2 heterocycles. The molecule has 1 aromatic carbocycles. The minimum atomic E-state index is 0.648. The summed E-state index contributed by atoms with van der Waals surface area (Å²) in [5.74, 6) is 0.770. The van der Waals surface area contributed by atoms with Crippen LogP contribution < -0.4 is 5.32 Å². The van der Waals surface area contributed by atoms with Crippen LogP contribution in [0.15, 0.2) is 48.8 Å². The first kappa shape index (κ1) is 10.7. The van der Waals surface area contributed by atoms with Gasteiger partial charge in [0.15, 0.2) is 5.65 Å². The average Bonchev–Trinajstić information content (AvgIpc) is 2.41. The number of fused-ring (bicyclic) bond motifs is 1. The molecule has 3 aromatic rings. The molecule has 0 amide bonds. The van der Waals surface area contributed by atoms with Crippen LogP contribution in [0.3, 0.4) is 0 Å². The Morgan fingerprint density at radius 1 is 0.889 bits per heavy atom. The third kappa shape index (κ3) is 2.13. The van der Waals surface area contributed by atoms with E-state index in [2.05, 4.69) is 39.3 Å². The topological polar surface area (TPSA) is 50.7 Å². The maximum Gasteiger partial charge on any atom is 0.180 e. The van der Waals surface area contributed by atoms with Crippen LogP contribution in [0.2, 0.25) is 0 Å². The fourth-order valence-corrected chi connectivity index (χ4v) is 1.71. The average molecular weight is 236 g/mol. The number of aromatic nitrogens is 3. The van der Waals surface area contributed by atoms with Crippen LogP contribution in [0.4, 0.5) is 11.5 Å². The van der Waals surface area contributed by atoms with Crippen LogP contribution in [-0.4, -0.2) is 15.0 Å². The van der Waals surface area contributed by atoms with Crippen molar-refractivity contribution >= 4 is 22.7 Å². The van der Waals surface area contributed by atoms with E-state index < -0.39 is 0 Å². The second-order valence-electron chi connectivity index (χ2n) is 4.09. The molecule has 3 rings (SSSR count). The number of hydrogen-bond donors (Lipinski definition) is 1. The summed E-state index contributed by atoms with van der Waals surface area (Å²) in [5.41, 5.74) is 3.69. The molecule has 0 fully saturated rings. The van der Waals surface area contributed by atoms with Crippen molar-refractivity contribution < 1.29 is 0 Å². The normalized spacial score (nSPS) is 10.5. The molecule has 88 valence electrons. The fraction of sp³-hybridized carbons (Fsp3) is 0.0714. The van der Waals surface area contributed by atoms with Crippen molar-refractivity contribution in [3.05, 3.63) is 54.4 Å². The Labute approximate surface area is 105 Å². The van der Waals surface area contributed by atoms with Gasteiger partial charge in [0.1, 0.15) is 11.3 Å². The van der Waals surface area contributed by atoms with Gasteiger partial charge in [0.05, 0.1) is 0 Å². The maximum absolute atomic E-state index is 4.41. The van der Waals surface area contributed by atoms with Crippen LogP contribution in [0.25, 0.3) is 11.2 Å². The highest BCUT2D eigenvalue weighted by molar-refractivity contribution is 5.72. The Kier molecular flexibility index (Phi) is 2.61. The van der Waals surface area contributed by atoms with Gasteiger partial charge in [-0.1, -0.05) is 17.7 Å². The maximum atomic E-state index is 4.41. The Balaban J connectivity index is 1.92. The molecule has 0 saturated heterocycles. The van der Waals surface area contributed by atoms with Crippen molar-refractivity contribution in [3.8, 4) is 0 Å². The molecule has 0 bridgehead atoms. The molecule has 0 atom stereocenters. The number of benzene rings is 1. The number of pyridine rings is 1. The number of rotatable bonds is 2. The van der Waals surface area contributed by atoms with Crippen LogP contribution in [-0.2, 0) is 0 Å². The summed E-state index contributed by atoms with van der Waals surface area (Å²) in [6.45, 7) is 2.06. The summed E-state index contributed by atoms with van der Waals surface area (Å²) < 4.78 is 0. The molecule has 0 spiro atoms. The first-order valence-electron chi connectivity index (χ1n) is 5.73. The lowest BCUT2D eigenvalue weighted by Gasteiger charge is -2.06. The van der Waals surface area contributed by atoms with Crippen molar-refractivity contribution in [1.29, 1.82) is 0 Å². The molecule has 0 aliphatic rings. The van der Waals surface area contributed by atoms with Gasteiger partial charge < -0.3 is 5.32 Å². The van der Waals surface area contributed by atoms with E-state index in [0.29, 0.717) is 5.65 Å². The second-order valence-corrected chi connectivity index (χ2v) is 4.09. The Bertz CT molecular complexity index is 677. The van der Waals surface area contributed by atoms with Gasteiger partial charge in [0, 0.05) is 18.1 Å². The molecule has 4 heteroatoms. The number of anilines is 2. The number of nitrogens with zero attached hydrogens (tertiary/aromatic N) is 3. The lowest BCUT2D eigenvalue weighted by Crippen LogP contribution is -1.95. The van der Waals surface area contributed by atoms with Gasteiger partial charge in [-0.3, -0.25) is 4.98 Å². The molecule has 0 saturated carbocycles.